The van der Waals surface area contributed by atoms with Crippen LogP contribution in [0.4, 0.5) is 10.5 Å². The molecule has 2 aliphatic rings. The quantitative estimate of drug-likeness (QED) is 0.585. The van der Waals surface area contributed by atoms with Gasteiger partial charge in [-0.25, -0.2) is 10.3 Å². The van der Waals surface area contributed by atoms with Crippen LogP contribution in [0.2, 0.25) is 0 Å². The van der Waals surface area contributed by atoms with Gasteiger partial charge in [0.05, 0.1) is 0 Å². The van der Waals surface area contributed by atoms with Crippen molar-refractivity contribution in [3.8, 4) is 0 Å². The van der Waals surface area contributed by atoms with E-state index >= 15 is 0 Å². The summed E-state index contributed by atoms with van der Waals surface area (Å²) in [6.45, 7) is 4.99. The number of nitrogens with one attached hydrogen (secondary N) is 4. The molecule has 2 amide bonds. The number of hydrazine groups is 2. The second kappa shape index (κ2) is 8.68. The van der Waals surface area contributed by atoms with Gasteiger partial charge in [-0.1, -0.05) is 35.5 Å². The summed E-state index contributed by atoms with van der Waals surface area (Å²) in [7, 11) is 0. The van der Waals surface area contributed by atoms with E-state index in [4.69, 9.17) is 4.74 Å². The van der Waals surface area contributed by atoms with Crippen LogP contribution in [0.15, 0.2) is 41.5 Å². The maximum atomic E-state index is 12.2. The number of amides is 2. The zero-order chi connectivity index (χ0) is 18.4. The van der Waals surface area contributed by atoms with Gasteiger partial charge in [-0.15, -0.1) is 5.10 Å². The first-order chi connectivity index (χ1) is 12.7. The number of para-hydroxylation sites is 1. The molecule has 3 rings (SSSR count). The second-order valence-corrected chi connectivity index (χ2v) is 6.35. The summed E-state index contributed by atoms with van der Waals surface area (Å²) in [6.07, 6.45) is 5.87. The van der Waals surface area contributed by atoms with Crippen LogP contribution in [0.1, 0.15) is 25.3 Å². The molecule has 26 heavy (non-hydrogen) atoms. The number of hydrogen-bond acceptors (Lipinski definition) is 6. The van der Waals surface area contributed by atoms with Crippen molar-refractivity contribution in [1.29, 1.82) is 0 Å². The normalized spacial score (nSPS) is 22.3. The van der Waals surface area contributed by atoms with Crippen molar-refractivity contribution >= 4 is 17.6 Å². The zero-order valence-electron chi connectivity index (χ0n) is 15.2. The molecule has 1 aromatic rings. The first kappa shape index (κ1) is 18.2. The number of amidine groups is 1. The van der Waals surface area contributed by atoms with Gasteiger partial charge in [0.2, 0.25) is 0 Å². The lowest BCUT2D eigenvalue weighted by atomic mass is 9.92. The Morgan fingerprint density at radius 3 is 2.92 bits per heavy atom. The number of hydrogen-bond donors (Lipinski definition) is 4. The van der Waals surface area contributed by atoms with Crippen LogP contribution in [0.5, 0.6) is 0 Å². The molecule has 140 valence electrons. The van der Waals surface area contributed by atoms with Gasteiger partial charge in [0.1, 0.15) is 12.6 Å². The molecule has 8 nitrogen and oxygen atoms in total. The summed E-state index contributed by atoms with van der Waals surface area (Å²) >= 11 is 0. The molecule has 0 spiro atoms. The molecule has 4 N–H and O–H groups in total. The van der Waals surface area contributed by atoms with E-state index in [1.165, 1.54) is 0 Å². The summed E-state index contributed by atoms with van der Waals surface area (Å²) < 4.78 is 5.33. The standard InChI is InChI=1S/C18H26N6O2/c1-3-26-12-24-22-17(21-23-24)14-8-10-15(11-9-14)19-18(25)20-16-7-5-4-6-13(16)2/h4-8,10,14-15,23H,3,9,11-12H2,1-2H3,(H,21,22)(H2,19,20,25). The molecule has 2 atom stereocenters. The van der Waals surface area contributed by atoms with E-state index in [-0.39, 0.29) is 18.0 Å². The minimum absolute atomic E-state index is 0.0183. The number of ether oxygens (including phenoxy) is 1. The maximum absolute atomic E-state index is 12.2. The number of anilines is 1. The number of nitrogens with zero attached hydrogens (tertiary/aromatic N) is 2. The van der Waals surface area contributed by atoms with E-state index in [1.54, 1.807) is 5.12 Å². The fourth-order valence-corrected chi connectivity index (χ4v) is 2.92. The van der Waals surface area contributed by atoms with E-state index in [0.717, 1.165) is 29.9 Å². The summed E-state index contributed by atoms with van der Waals surface area (Å²) in [5.41, 5.74) is 7.94. The predicted octanol–water partition coefficient (Wildman–Crippen LogP) is 2.08. The summed E-state index contributed by atoms with van der Waals surface area (Å²) in [5, 5.41) is 11.9. The van der Waals surface area contributed by atoms with Crippen LogP contribution in [0.25, 0.3) is 0 Å². The van der Waals surface area contributed by atoms with Crippen molar-refractivity contribution in [3.05, 3.63) is 42.0 Å². The third-order valence-corrected chi connectivity index (χ3v) is 4.39. The van der Waals surface area contributed by atoms with Crippen molar-refractivity contribution < 1.29 is 9.53 Å². The van der Waals surface area contributed by atoms with Gasteiger partial charge >= 0.3 is 6.03 Å². The Balaban J connectivity index is 1.46. The average Bonchev–Trinajstić information content (AvgIpc) is 3.11. The van der Waals surface area contributed by atoms with Gasteiger partial charge in [-0.2, -0.15) is 0 Å². The van der Waals surface area contributed by atoms with Crippen molar-refractivity contribution in [2.75, 3.05) is 18.7 Å². The maximum Gasteiger partial charge on any atom is 0.319 e. The number of carbonyl (C=O) groups excluding carboxylic acids is 1. The smallest absolute Gasteiger partial charge is 0.319 e. The molecule has 0 aromatic heterocycles. The van der Waals surface area contributed by atoms with E-state index in [1.807, 2.05) is 44.2 Å². The lowest BCUT2D eigenvalue weighted by molar-refractivity contribution is -0.00421. The fraction of sp³-hybridized carbons (Fsp3) is 0.444. The minimum atomic E-state index is -0.187. The molecular weight excluding hydrogens is 332 g/mol. The minimum Gasteiger partial charge on any atom is -0.363 e. The number of hydrazone groups is 1. The highest BCUT2D eigenvalue weighted by atomic mass is 16.5. The number of carbonyl (C=O) groups is 1. The Morgan fingerprint density at radius 2 is 2.19 bits per heavy atom. The highest BCUT2D eigenvalue weighted by molar-refractivity contribution is 5.90. The molecule has 8 heteroatoms. The van der Waals surface area contributed by atoms with Crippen molar-refractivity contribution in [2.45, 2.75) is 32.7 Å². The van der Waals surface area contributed by atoms with E-state index in [9.17, 15) is 4.79 Å². The van der Waals surface area contributed by atoms with Gasteiger partial charge in [0.25, 0.3) is 0 Å². The third-order valence-electron chi connectivity index (χ3n) is 4.39. The summed E-state index contributed by atoms with van der Waals surface area (Å²) in [4.78, 5) is 12.2. The van der Waals surface area contributed by atoms with Crippen LogP contribution in [0.3, 0.4) is 0 Å². The fourth-order valence-electron chi connectivity index (χ4n) is 2.92. The number of rotatable bonds is 6. The monoisotopic (exact) mass is 358 g/mol. The molecule has 0 saturated heterocycles. The SMILES string of the molecule is CCOCN1NN=C(C2C=CC(NC(=O)Nc3ccccc3C)CC2)N1. The van der Waals surface area contributed by atoms with Crippen LogP contribution in [0, 0.1) is 12.8 Å². The second-order valence-electron chi connectivity index (χ2n) is 6.35. The van der Waals surface area contributed by atoms with Gasteiger partial charge in [-0.3, -0.25) is 5.43 Å². The van der Waals surface area contributed by atoms with Crippen LogP contribution in [-0.2, 0) is 4.74 Å². The first-order valence-electron chi connectivity index (χ1n) is 8.92. The highest BCUT2D eigenvalue weighted by Gasteiger charge is 2.25. The summed E-state index contributed by atoms with van der Waals surface area (Å²) in [6, 6.07) is 7.56. The van der Waals surface area contributed by atoms with Crippen molar-refractivity contribution in [2.24, 2.45) is 11.0 Å². The number of urea groups is 1. The molecular formula is C18H26N6O2. The molecule has 1 aromatic carbocycles. The Hall–Kier alpha value is -2.58. The zero-order valence-corrected chi connectivity index (χ0v) is 15.2. The van der Waals surface area contributed by atoms with Crippen LogP contribution >= 0.6 is 0 Å². The third kappa shape index (κ3) is 4.74. The Labute approximate surface area is 153 Å². The van der Waals surface area contributed by atoms with Crippen molar-refractivity contribution in [1.82, 2.24) is 21.4 Å². The Kier molecular flexibility index (Phi) is 6.08. The van der Waals surface area contributed by atoms with Gasteiger partial charge in [0.15, 0.2) is 0 Å². The van der Waals surface area contributed by atoms with Gasteiger partial charge in [-0.05, 0) is 38.3 Å². The molecule has 2 unspecified atom stereocenters. The number of aryl methyl sites for hydroxylation is 1. The first-order valence-corrected chi connectivity index (χ1v) is 8.92. The molecule has 1 heterocycles. The van der Waals surface area contributed by atoms with E-state index in [0.29, 0.717) is 13.3 Å². The molecule has 0 radical (unpaired) electrons. The Morgan fingerprint density at radius 1 is 1.35 bits per heavy atom. The van der Waals surface area contributed by atoms with Crippen molar-refractivity contribution in [3.63, 3.8) is 0 Å². The Bertz CT molecular complexity index is 690. The lowest BCUT2D eigenvalue weighted by Crippen LogP contribution is -2.45. The highest BCUT2D eigenvalue weighted by Crippen LogP contribution is 2.20. The predicted molar refractivity (Wildman–Crippen MR) is 101 cm³/mol. The van der Waals surface area contributed by atoms with Gasteiger partial charge in [0, 0.05) is 24.3 Å². The van der Waals surface area contributed by atoms with Gasteiger partial charge < -0.3 is 15.4 Å². The van der Waals surface area contributed by atoms with E-state index < -0.39 is 0 Å². The van der Waals surface area contributed by atoms with E-state index in [2.05, 4.69) is 32.8 Å². The lowest BCUT2D eigenvalue weighted by Gasteiger charge is -2.24. The molecule has 0 saturated carbocycles. The topological polar surface area (TPSA) is 90.0 Å². The molecule has 1 aliphatic carbocycles. The van der Waals surface area contributed by atoms with Crippen LogP contribution in [-0.4, -0.2) is 36.4 Å². The molecule has 0 bridgehead atoms. The van der Waals surface area contributed by atoms with Crippen LogP contribution < -0.4 is 21.6 Å². The largest absolute Gasteiger partial charge is 0.363 e. The number of benzene rings is 1. The summed E-state index contributed by atoms with van der Waals surface area (Å²) in [5.74, 6) is 1.07. The average molecular weight is 358 g/mol. The molecule has 1 aliphatic heterocycles. The molecule has 0 fully saturated rings.